The molecule has 11 heteroatoms. The molecule has 2 aromatic heterocycles. The molecule has 34 heavy (non-hydrogen) atoms. The Morgan fingerprint density at radius 1 is 0.971 bits per heavy atom. The summed E-state index contributed by atoms with van der Waals surface area (Å²) in [6.07, 6.45) is -4.69. The SMILES string of the molecule is Cc1cccc(C)c1-c1cc(C(F)(F)F)cc(NS(=O)(=O)c2cccc(N3CCNCC3)n2)n1. The van der Waals surface area contributed by atoms with Crippen LogP contribution in [0.2, 0.25) is 0 Å². The lowest BCUT2D eigenvalue weighted by Gasteiger charge is -2.28. The second kappa shape index (κ2) is 9.22. The molecule has 2 N–H and O–H groups in total. The van der Waals surface area contributed by atoms with Crippen molar-refractivity contribution >= 4 is 21.7 Å². The lowest BCUT2D eigenvalue weighted by molar-refractivity contribution is -0.137. The molecule has 0 amide bonds. The first-order valence-electron chi connectivity index (χ1n) is 10.7. The number of alkyl halides is 3. The molecule has 0 bridgehead atoms. The fourth-order valence-electron chi connectivity index (χ4n) is 3.91. The Labute approximate surface area is 196 Å². The molecule has 0 aliphatic carbocycles. The van der Waals surface area contributed by atoms with Gasteiger partial charge in [0.25, 0.3) is 10.0 Å². The van der Waals surface area contributed by atoms with Gasteiger partial charge in [0, 0.05) is 31.7 Å². The van der Waals surface area contributed by atoms with E-state index in [1.165, 1.54) is 6.07 Å². The van der Waals surface area contributed by atoms with E-state index in [4.69, 9.17) is 0 Å². The summed E-state index contributed by atoms with van der Waals surface area (Å²) >= 11 is 0. The Morgan fingerprint density at radius 2 is 1.62 bits per heavy atom. The lowest BCUT2D eigenvalue weighted by atomic mass is 9.98. The molecule has 0 atom stereocenters. The highest BCUT2D eigenvalue weighted by Gasteiger charge is 2.33. The van der Waals surface area contributed by atoms with Crippen LogP contribution in [0.25, 0.3) is 11.3 Å². The summed E-state index contributed by atoms with van der Waals surface area (Å²) in [5, 5.41) is 2.91. The van der Waals surface area contributed by atoms with Crippen LogP contribution in [0.1, 0.15) is 16.7 Å². The Balaban J connectivity index is 1.73. The number of nitrogens with one attached hydrogen (secondary N) is 2. The summed E-state index contributed by atoms with van der Waals surface area (Å²) in [5.74, 6) is 0.0551. The first-order valence-corrected chi connectivity index (χ1v) is 12.1. The monoisotopic (exact) mass is 491 g/mol. The van der Waals surface area contributed by atoms with Crippen LogP contribution in [-0.2, 0) is 16.2 Å². The maximum Gasteiger partial charge on any atom is 0.416 e. The number of anilines is 2. The zero-order valence-corrected chi connectivity index (χ0v) is 19.5. The Kier molecular flexibility index (Phi) is 6.50. The maximum absolute atomic E-state index is 13.7. The van der Waals surface area contributed by atoms with Gasteiger partial charge in [0.1, 0.15) is 11.6 Å². The number of halogens is 3. The lowest BCUT2D eigenvalue weighted by Crippen LogP contribution is -2.44. The van der Waals surface area contributed by atoms with E-state index < -0.39 is 27.6 Å². The predicted molar refractivity (Wildman–Crippen MR) is 124 cm³/mol. The van der Waals surface area contributed by atoms with Crippen molar-refractivity contribution in [2.75, 3.05) is 35.8 Å². The standard InChI is InChI=1S/C23H24F3N5O2S/c1-15-5-3-6-16(2)22(15)18-13-17(23(24,25)26)14-19(28-18)30-34(32,33)21-8-4-7-20(29-21)31-11-9-27-10-12-31/h3-8,13-14,27H,9-12H2,1-2H3,(H,28,30). The Hall–Kier alpha value is -3.18. The zero-order chi connectivity index (χ0) is 24.5. The number of nitrogens with zero attached hydrogens (tertiary/aromatic N) is 3. The van der Waals surface area contributed by atoms with Crippen molar-refractivity contribution in [1.29, 1.82) is 0 Å². The number of hydrogen-bond acceptors (Lipinski definition) is 6. The minimum Gasteiger partial charge on any atom is -0.354 e. The van der Waals surface area contributed by atoms with Crippen LogP contribution < -0.4 is 14.9 Å². The smallest absolute Gasteiger partial charge is 0.354 e. The molecule has 1 saturated heterocycles. The number of benzene rings is 1. The highest BCUT2D eigenvalue weighted by molar-refractivity contribution is 7.92. The van der Waals surface area contributed by atoms with E-state index in [9.17, 15) is 21.6 Å². The molecule has 1 aromatic carbocycles. The molecule has 1 aliphatic rings. The molecular formula is C23H24F3N5O2S. The van der Waals surface area contributed by atoms with Crippen LogP contribution in [0.4, 0.5) is 24.8 Å². The van der Waals surface area contributed by atoms with Gasteiger partial charge in [-0.2, -0.15) is 21.6 Å². The van der Waals surface area contributed by atoms with Crippen molar-refractivity contribution in [3.05, 3.63) is 65.2 Å². The average Bonchev–Trinajstić information content (AvgIpc) is 2.79. The normalized spacial score (nSPS) is 14.8. The van der Waals surface area contributed by atoms with E-state index in [1.54, 1.807) is 44.2 Å². The molecular weight excluding hydrogens is 467 g/mol. The molecule has 3 heterocycles. The third-order valence-corrected chi connectivity index (χ3v) is 6.81. The Morgan fingerprint density at radius 3 is 2.26 bits per heavy atom. The van der Waals surface area contributed by atoms with Gasteiger partial charge in [-0.3, -0.25) is 4.72 Å². The van der Waals surface area contributed by atoms with Crippen molar-refractivity contribution < 1.29 is 21.6 Å². The molecule has 0 unspecified atom stereocenters. The fraction of sp³-hybridized carbons (Fsp3) is 0.304. The molecule has 0 spiro atoms. The van der Waals surface area contributed by atoms with Gasteiger partial charge in [0.05, 0.1) is 11.3 Å². The number of aryl methyl sites for hydroxylation is 2. The van der Waals surface area contributed by atoms with Gasteiger partial charge in [0.15, 0.2) is 5.03 Å². The highest BCUT2D eigenvalue weighted by atomic mass is 32.2. The van der Waals surface area contributed by atoms with E-state index >= 15 is 0 Å². The second-order valence-electron chi connectivity index (χ2n) is 8.07. The molecule has 4 rings (SSSR count). The molecule has 180 valence electrons. The van der Waals surface area contributed by atoms with Gasteiger partial charge < -0.3 is 10.2 Å². The Bertz CT molecular complexity index is 1290. The van der Waals surface area contributed by atoms with E-state index in [0.29, 0.717) is 30.5 Å². The minimum atomic E-state index is -4.69. The van der Waals surface area contributed by atoms with Crippen LogP contribution in [0, 0.1) is 13.8 Å². The number of rotatable bonds is 5. The third-order valence-electron chi connectivity index (χ3n) is 5.55. The molecule has 1 aliphatic heterocycles. The third kappa shape index (κ3) is 5.15. The largest absolute Gasteiger partial charge is 0.416 e. The molecule has 7 nitrogen and oxygen atoms in total. The summed E-state index contributed by atoms with van der Waals surface area (Å²) in [6, 6.07) is 11.5. The summed E-state index contributed by atoms with van der Waals surface area (Å²) < 4.78 is 69.3. The average molecular weight is 492 g/mol. The number of pyridine rings is 2. The number of aromatic nitrogens is 2. The molecule has 3 aromatic rings. The topological polar surface area (TPSA) is 87.2 Å². The number of piperazine rings is 1. The number of sulfonamides is 1. The summed E-state index contributed by atoms with van der Waals surface area (Å²) in [4.78, 5) is 10.4. The van der Waals surface area contributed by atoms with Gasteiger partial charge in [-0.05, 0) is 49.2 Å². The quantitative estimate of drug-likeness (QED) is 0.561. The van der Waals surface area contributed by atoms with E-state index in [1.807, 2.05) is 4.90 Å². The van der Waals surface area contributed by atoms with Crippen LogP contribution in [-0.4, -0.2) is 44.6 Å². The van der Waals surface area contributed by atoms with Crippen LogP contribution >= 0.6 is 0 Å². The molecule has 0 saturated carbocycles. The van der Waals surface area contributed by atoms with Crippen LogP contribution in [0.15, 0.2) is 53.6 Å². The molecule has 0 radical (unpaired) electrons. The maximum atomic E-state index is 13.7. The van der Waals surface area contributed by atoms with Gasteiger partial charge in [-0.15, -0.1) is 0 Å². The van der Waals surface area contributed by atoms with Crippen LogP contribution in [0.5, 0.6) is 0 Å². The van der Waals surface area contributed by atoms with E-state index in [0.717, 1.165) is 30.3 Å². The van der Waals surface area contributed by atoms with Gasteiger partial charge in [-0.25, -0.2) is 9.97 Å². The van der Waals surface area contributed by atoms with Crippen molar-refractivity contribution in [3.8, 4) is 11.3 Å². The predicted octanol–water partition coefficient (Wildman–Crippen LogP) is 3.99. The van der Waals surface area contributed by atoms with E-state index in [-0.39, 0.29) is 10.7 Å². The van der Waals surface area contributed by atoms with E-state index in [2.05, 4.69) is 20.0 Å². The zero-order valence-electron chi connectivity index (χ0n) is 18.6. The van der Waals surface area contributed by atoms with Crippen molar-refractivity contribution in [3.63, 3.8) is 0 Å². The van der Waals surface area contributed by atoms with Crippen molar-refractivity contribution in [2.45, 2.75) is 25.0 Å². The van der Waals surface area contributed by atoms with Gasteiger partial charge in [-0.1, -0.05) is 24.3 Å². The fourth-order valence-corrected chi connectivity index (χ4v) is 4.86. The van der Waals surface area contributed by atoms with Crippen molar-refractivity contribution in [1.82, 2.24) is 15.3 Å². The second-order valence-corrected chi connectivity index (χ2v) is 9.70. The van der Waals surface area contributed by atoms with Gasteiger partial charge in [0.2, 0.25) is 0 Å². The minimum absolute atomic E-state index is 0.0330. The van der Waals surface area contributed by atoms with Crippen molar-refractivity contribution in [2.24, 2.45) is 0 Å². The summed E-state index contributed by atoms with van der Waals surface area (Å²) in [6.45, 7) is 6.34. The van der Waals surface area contributed by atoms with Gasteiger partial charge >= 0.3 is 6.18 Å². The van der Waals surface area contributed by atoms with Crippen LogP contribution in [0.3, 0.4) is 0 Å². The number of hydrogen-bond donors (Lipinski definition) is 2. The summed E-state index contributed by atoms with van der Waals surface area (Å²) in [5.41, 5.74) is 1.01. The first kappa shape index (κ1) is 24.0. The molecule has 1 fully saturated rings. The first-order chi connectivity index (χ1) is 16.0. The highest BCUT2D eigenvalue weighted by Crippen LogP contribution is 2.35. The summed E-state index contributed by atoms with van der Waals surface area (Å²) in [7, 11) is -4.29.